The maximum Gasteiger partial charge on any atom is 0.229 e. The van der Waals surface area contributed by atoms with Gasteiger partial charge in [0.1, 0.15) is 11.6 Å². The number of benzene rings is 2. The van der Waals surface area contributed by atoms with Crippen LogP contribution in [0.2, 0.25) is 0 Å². The Hall–Kier alpha value is -3.59. The van der Waals surface area contributed by atoms with Crippen LogP contribution < -0.4 is 24.8 Å². The van der Waals surface area contributed by atoms with E-state index in [1.165, 1.54) is 33.5 Å². The Bertz CT molecular complexity index is 977. The summed E-state index contributed by atoms with van der Waals surface area (Å²) in [6.45, 7) is 0.157. The van der Waals surface area contributed by atoms with Crippen molar-refractivity contribution in [1.29, 1.82) is 0 Å². The summed E-state index contributed by atoms with van der Waals surface area (Å²) < 4.78 is 29.3. The monoisotopic (exact) mass is 414 g/mol. The Morgan fingerprint density at radius 3 is 2.40 bits per heavy atom. The summed E-state index contributed by atoms with van der Waals surface area (Å²) in [6.07, 6.45) is 0.687. The molecule has 0 bridgehead atoms. The van der Waals surface area contributed by atoms with Crippen molar-refractivity contribution in [1.82, 2.24) is 9.97 Å². The molecule has 1 aromatic heterocycles. The molecule has 1 atom stereocenters. The molecule has 0 aliphatic rings. The molecule has 3 N–H and O–H groups in total. The molecule has 0 fully saturated rings. The molecule has 1 heterocycles. The highest BCUT2D eigenvalue weighted by atomic mass is 19.1. The number of aliphatic hydroxyl groups excluding tert-OH is 1. The Balaban J connectivity index is 1.71. The van der Waals surface area contributed by atoms with Crippen molar-refractivity contribution in [3.05, 3.63) is 60.0 Å². The van der Waals surface area contributed by atoms with Crippen LogP contribution in [0.3, 0.4) is 0 Å². The normalized spacial score (nSPS) is 11.5. The number of anilines is 3. The molecule has 158 valence electrons. The van der Waals surface area contributed by atoms with Crippen LogP contribution >= 0.6 is 0 Å². The smallest absolute Gasteiger partial charge is 0.229 e. The molecule has 30 heavy (non-hydrogen) atoms. The lowest BCUT2D eigenvalue weighted by molar-refractivity contribution is 0.191. The summed E-state index contributed by atoms with van der Waals surface area (Å²) in [5.41, 5.74) is 1.12. The van der Waals surface area contributed by atoms with E-state index in [-0.39, 0.29) is 6.54 Å². The van der Waals surface area contributed by atoms with E-state index >= 15 is 0 Å². The fraction of sp³-hybridized carbons (Fsp3) is 0.238. The van der Waals surface area contributed by atoms with E-state index < -0.39 is 11.9 Å². The van der Waals surface area contributed by atoms with Crippen LogP contribution in [-0.4, -0.2) is 42.9 Å². The Labute approximate surface area is 173 Å². The molecule has 0 amide bonds. The van der Waals surface area contributed by atoms with Gasteiger partial charge in [-0.05, 0) is 23.8 Å². The van der Waals surface area contributed by atoms with Gasteiger partial charge in [0.05, 0.1) is 27.4 Å². The minimum Gasteiger partial charge on any atom is -0.493 e. The molecular weight excluding hydrogens is 391 g/mol. The zero-order valence-corrected chi connectivity index (χ0v) is 16.8. The summed E-state index contributed by atoms with van der Waals surface area (Å²) in [4.78, 5) is 8.57. The number of nitrogens with one attached hydrogen (secondary N) is 2. The zero-order valence-electron chi connectivity index (χ0n) is 16.8. The predicted molar refractivity (Wildman–Crippen MR) is 111 cm³/mol. The van der Waals surface area contributed by atoms with Gasteiger partial charge in [0.25, 0.3) is 0 Å². The van der Waals surface area contributed by atoms with Gasteiger partial charge in [-0.2, -0.15) is 4.98 Å². The molecular formula is C21H23FN4O4. The van der Waals surface area contributed by atoms with Crippen molar-refractivity contribution in [3.63, 3.8) is 0 Å². The van der Waals surface area contributed by atoms with Gasteiger partial charge in [-0.1, -0.05) is 12.1 Å². The van der Waals surface area contributed by atoms with Gasteiger partial charge in [0.2, 0.25) is 11.7 Å². The van der Waals surface area contributed by atoms with Gasteiger partial charge in [0.15, 0.2) is 11.5 Å². The Morgan fingerprint density at radius 1 is 1.03 bits per heavy atom. The van der Waals surface area contributed by atoms with Crippen LogP contribution in [0.25, 0.3) is 0 Å². The van der Waals surface area contributed by atoms with E-state index in [1.807, 2.05) is 0 Å². The van der Waals surface area contributed by atoms with Crippen molar-refractivity contribution in [2.45, 2.75) is 6.10 Å². The number of hydrogen-bond donors (Lipinski definition) is 3. The van der Waals surface area contributed by atoms with Crippen LogP contribution in [0.1, 0.15) is 11.7 Å². The summed E-state index contributed by atoms with van der Waals surface area (Å²) >= 11 is 0. The standard InChI is InChI=1S/C21H23FN4O4/c1-28-17-10-15(11-18(29-2)20(17)30-3)25-21-23-8-7-19(26-21)24-12-16(27)13-5-4-6-14(22)9-13/h4-11,16,27H,12H2,1-3H3,(H2,23,24,25,26). The largest absolute Gasteiger partial charge is 0.493 e. The third-order valence-electron chi connectivity index (χ3n) is 4.29. The van der Waals surface area contributed by atoms with Crippen molar-refractivity contribution < 1.29 is 23.7 Å². The summed E-state index contributed by atoms with van der Waals surface area (Å²) in [5, 5.41) is 16.3. The minimum absolute atomic E-state index is 0.157. The lowest BCUT2D eigenvalue weighted by Gasteiger charge is -2.15. The van der Waals surface area contributed by atoms with Crippen LogP contribution in [0, 0.1) is 5.82 Å². The third kappa shape index (κ3) is 5.06. The number of aliphatic hydroxyl groups is 1. The quantitative estimate of drug-likeness (QED) is 0.489. The van der Waals surface area contributed by atoms with E-state index in [4.69, 9.17) is 14.2 Å². The number of nitrogens with zero attached hydrogens (tertiary/aromatic N) is 2. The van der Waals surface area contributed by atoms with Gasteiger partial charge >= 0.3 is 0 Å². The van der Waals surface area contributed by atoms with E-state index in [0.717, 1.165) is 0 Å². The second kappa shape index (κ2) is 9.75. The molecule has 8 nitrogen and oxygen atoms in total. The average molecular weight is 414 g/mol. The van der Waals surface area contributed by atoms with Gasteiger partial charge in [-0.3, -0.25) is 0 Å². The minimum atomic E-state index is -0.887. The Morgan fingerprint density at radius 2 is 1.77 bits per heavy atom. The predicted octanol–water partition coefficient (Wildman–Crippen LogP) is 3.53. The van der Waals surface area contributed by atoms with E-state index in [0.29, 0.717) is 40.3 Å². The highest BCUT2D eigenvalue weighted by Gasteiger charge is 2.14. The molecule has 3 aromatic rings. The molecule has 9 heteroatoms. The first-order valence-corrected chi connectivity index (χ1v) is 9.11. The fourth-order valence-corrected chi connectivity index (χ4v) is 2.83. The third-order valence-corrected chi connectivity index (χ3v) is 4.29. The van der Waals surface area contributed by atoms with Gasteiger partial charge < -0.3 is 30.0 Å². The van der Waals surface area contributed by atoms with Gasteiger partial charge in [-0.15, -0.1) is 0 Å². The van der Waals surface area contributed by atoms with Crippen molar-refractivity contribution in [3.8, 4) is 17.2 Å². The summed E-state index contributed by atoms with van der Waals surface area (Å²) in [5.74, 6) is 1.89. The highest BCUT2D eigenvalue weighted by molar-refractivity contribution is 5.66. The van der Waals surface area contributed by atoms with Crippen LogP contribution in [0.4, 0.5) is 21.8 Å². The lowest BCUT2D eigenvalue weighted by Crippen LogP contribution is -2.13. The first-order chi connectivity index (χ1) is 14.5. The van der Waals surface area contributed by atoms with Gasteiger partial charge in [-0.25, -0.2) is 9.37 Å². The highest BCUT2D eigenvalue weighted by Crippen LogP contribution is 2.40. The van der Waals surface area contributed by atoms with E-state index in [1.54, 1.807) is 36.5 Å². The van der Waals surface area contributed by atoms with Crippen molar-refractivity contribution in [2.75, 3.05) is 38.5 Å². The van der Waals surface area contributed by atoms with Crippen molar-refractivity contribution in [2.24, 2.45) is 0 Å². The number of hydrogen-bond acceptors (Lipinski definition) is 8. The molecule has 0 aliphatic heterocycles. The van der Waals surface area contributed by atoms with Crippen LogP contribution in [0.15, 0.2) is 48.7 Å². The molecule has 0 saturated carbocycles. The maximum absolute atomic E-state index is 13.3. The molecule has 3 rings (SSSR count). The second-order valence-corrected chi connectivity index (χ2v) is 6.26. The zero-order chi connectivity index (χ0) is 21.5. The summed E-state index contributed by atoms with van der Waals surface area (Å²) in [6, 6.07) is 11.0. The van der Waals surface area contributed by atoms with E-state index in [2.05, 4.69) is 20.6 Å². The molecule has 0 saturated heterocycles. The molecule has 0 aliphatic carbocycles. The van der Waals surface area contributed by atoms with Crippen LogP contribution in [-0.2, 0) is 0 Å². The fourth-order valence-electron chi connectivity index (χ4n) is 2.83. The molecule has 0 radical (unpaired) electrons. The number of aromatic nitrogens is 2. The number of rotatable bonds is 9. The lowest BCUT2D eigenvalue weighted by atomic mass is 10.1. The Kier molecular flexibility index (Phi) is 6.87. The average Bonchev–Trinajstić information content (AvgIpc) is 2.77. The SMILES string of the molecule is COc1cc(Nc2nccc(NCC(O)c3cccc(F)c3)n2)cc(OC)c1OC. The van der Waals surface area contributed by atoms with Crippen LogP contribution in [0.5, 0.6) is 17.2 Å². The number of ether oxygens (including phenoxy) is 3. The summed E-state index contributed by atoms with van der Waals surface area (Å²) in [7, 11) is 4.60. The topological polar surface area (TPSA) is 97.8 Å². The van der Waals surface area contributed by atoms with E-state index in [9.17, 15) is 9.50 Å². The molecule has 0 spiro atoms. The van der Waals surface area contributed by atoms with Crippen molar-refractivity contribution >= 4 is 17.5 Å². The first kappa shape index (κ1) is 21.1. The number of halogens is 1. The van der Waals surface area contributed by atoms with Gasteiger partial charge in [0, 0.05) is 30.6 Å². The first-order valence-electron chi connectivity index (χ1n) is 9.11. The number of methoxy groups -OCH3 is 3. The molecule has 2 aromatic carbocycles. The maximum atomic E-state index is 13.3. The molecule has 1 unspecified atom stereocenters. The second-order valence-electron chi connectivity index (χ2n) is 6.26.